The normalized spacial score (nSPS) is 12.9. The third-order valence-corrected chi connectivity index (χ3v) is 15.1. The van der Waals surface area contributed by atoms with Gasteiger partial charge in [0.05, 0.1) is 0 Å². The van der Waals surface area contributed by atoms with Crippen molar-refractivity contribution < 1.29 is 8.85 Å². The van der Waals surface area contributed by atoms with Crippen molar-refractivity contribution in [1.29, 1.82) is 0 Å². The Morgan fingerprint density at radius 3 is 1.81 bits per heavy atom. The van der Waals surface area contributed by atoms with Crippen LogP contribution in [-0.4, -0.2) is 42.8 Å². The summed E-state index contributed by atoms with van der Waals surface area (Å²) in [6.45, 7) is 17.0. The van der Waals surface area contributed by atoms with Crippen LogP contribution in [0.15, 0.2) is 30.3 Å². The van der Waals surface area contributed by atoms with Crippen LogP contribution in [-0.2, 0) is 15.4 Å². The van der Waals surface area contributed by atoms with E-state index in [-0.39, 0.29) is 0 Å². The minimum Gasteiger partial charge on any atom is -0.400 e. The molecule has 0 saturated heterocycles. The molecular formula is C22H43NO2Si2. The molecule has 0 heterocycles. The van der Waals surface area contributed by atoms with Crippen molar-refractivity contribution in [2.75, 3.05) is 20.8 Å². The van der Waals surface area contributed by atoms with Gasteiger partial charge in [0, 0.05) is 20.8 Å². The van der Waals surface area contributed by atoms with E-state index in [2.05, 4.69) is 76.4 Å². The van der Waals surface area contributed by atoms with Crippen LogP contribution in [0.5, 0.6) is 0 Å². The first kappa shape index (κ1) is 24.6. The highest BCUT2D eigenvalue weighted by molar-refractivity contribution is 6.80. The minimum absolute atomic E-state index is 0.737. The van der Waals surface area contributed by atoms with Crippen LogP contribution in [0.4, 0.5) is 0 Å². The second-order valence-corrected chi connectivity index (χ2v) is 16.9. The molecular weight excluding hydrogens is 366 g/mol. The van der Waals surface area contributed by atoms with Gasteiger partial charge in [0.1, 0.15) is 8.24 Å². The standard InChI is InChI=1S/C22H43NO2Si2/c1-19(2)27(20(3)4,21(5)6)23(18-22-14-10-9-11-15-22)16-12-13-17-26(24-7)25-8/h9-11,14-15,19-21,26H,12-13,16-18H2,1-8H3. The number of unbranched alkanes of at least 4 members (excludes halogenated alkanes) is 1. The van der Waals surface area contributed by atoms with Crippen molar-refractivity contribution in [1.82, 2.24) is 4.57 Å². The first-order valence-corrected chi connectivity index (χ1v) is 14.6. The second-order valence-electron chi connectivity index (χ2n) is 8.66. The highest BCUT2D eigenvalue weighted by Crippen LogP contribution is 2.44. The lowest BCUT2D eigenvalue weighted by Gasteiger charge is -2.51. The Labute approximate surface area is 171 Å². The molecule has 0 amide bonds. The molecule has 0 aliphatic carbocycles. The summed E-state index contributed by atoms with van der Waals surface area (Å²) in [5.41, 5.74) is 3.65. The smallest absolute Gasteiger partial charge is 0.320 e. The van der Waals surface area contributed by atoms with Gasteiger partial charge in [-0.1, -0.05) is 78.3 Å². The molecule has 0 N–H and O–H groups in total. The Morgan fingerprint density at radius 1 is 0.852 bits per heavy atom. The Kier molecular flexibility index (Phi) is 11.1. The number of benzene rings is 1. The maximum Gasteiger partial charge on any atom is 0.320 e. The molecule has 0 spiro atoms. The molecule has 0 unspecified atom stereocenters. The average molecular weight is 410 g/mol. The lowest BCUT2D eigenvalue weighted by Crippen LogP contribution is -2.60. The summed E-state index contributed by atoms with van der Waals surface area (Å²) in [6.07, 6.45) is 2.42. The van der Waals surface area contributed by atoms with Crippen molar-refractivity contribution in [3.8, 4) is 0 Å². The van der Waals surface area contributed by atoms with E-state index in [1.807, 2.05) is 0 Å². The lowest BCUT2D eigenvalue weighted by atomic mass is 10.2. The molecule has 0 atom stereocenters. The highest BCUT2D eigenvalue weighted by atomic mass is 28.3. The predicted octanol–water partition coefficient (Wildman–Crippen LogP) is 5.96. The summed E-state index contributed by atoms with van der Waals surface area (Å²) in [4.78, 5) is 0. The number of hydrogen-bond acceptors (Lipinski definition) is 3. The third kappa shape index (κ3) is 6.53. The largest absolute Gasteiger partial charge is 0.400 e. The molecule has 0 aliphatic heterocycles. The Bertz CT molecular complexity index is 483. The van der Waals surface area contributed by atoms with E-state index < -0.39 is 17.5 Å². The molecule has 1 rings (SSSR count). The van der Waals surface area contributed by atoms with Crippen LogP contribution in [0.1, 0.15) is 59.9 Å². The van der Waals surface area contributed by atoms with Crippen LogP contribution >= 0.6 is 0 Å². The third-order valence-electron chi connectivity index (χ3n) is 6.18. The average Bonchev–Trinajstić information content (AvgIpc) is 2.62. The van der Waals surface area contributed by atoms with Gasteiger partial charge in [-0.25, -0.2) is 0 Å². The molecule has 0 saturated carbocycles. The summed E-state index contributed by atoms with van der Waals surface area (Å²) < 4.78 is 13.9. The number of rotatable bonds is 13. The number of hydrogen-bond donors (Lipinski definition) is 0. The molecule has 5 heteroatoms. The van der Waals surface area contributed by atoms with Crippen LogP contribution in [0, 0.1) is 0 Å². The summed E-state index contributed by atoms with van der Waals surface area (Å²) >= 11 is 0. The fourth-order valence-corrected chi connectivity index (χ4v) is 13.7. The molecule has 156 valence electrons. The van der Waals surface area contributed by atoms with E-state index in [0.717, 1.165) is 29.2 Å². The van der Waals surface area contributed by atoms with E-state index in [9.17, 15) is 0 Å². The van der Waals surface area contributed by atoms with Crippen molar-refractivity contribution >= 4 is 17.5 Å². The zero-order valence-corrected chi connectivity index (χ0v) is 21.2. The zero-order valence-electron chi connectivity index (χ0n) is 19.0. The minimum atomic E-state index is -1.65. The van der Waals surface area contributed by atoms with Crippen molar-refractivity contribution in [3.05, 3.63) is 35.9 Å². The van der Waals surface area contributed by atoms with Crippen LogP contribution in [0.25, 0.3) is 0 Å². The number of nitrogens with zero attached hydrogens (tertiary/aromatic N) is 1. The lowest BCUT2D eigenvalue weighted by molar-refractivity contribution is 0.275. The van der Waals surface area contributed by atoms with Crippen molar-refractivity contribution in [3.63, 3.8) is 0 Å². The fourth-order valence-electron chi connectivity index (χ4n) is 5.25. The maximum atomic E-state index is 5.50. The van der Waals surface area contributed by atoms with E-state index in [4.69, 9.17) is 8.85 Å². The van der Waals surface area contributed by atoms with Gasteiger partial charge in [-0.15, -0.1) is 0 Å². The van der Waals surface area contributed by atoms with Crippen LogP contribution in [0.3, 0.4) is 0 Å². The molecule has 1 aromatic carbocycles. The fraction of sp³-hybridized carbons (Fsp3) is 0.727. The first-order chi connectivity index (χ1) is 12.8. The summed E-state index contributed by atoms with van der Waals surface area (Å²) in [6, 6.07) is 12.1. The molecule has 0 fully saturated rings. The predicted molar refractivity (Wildman–Crippen MR) is 123 cm³/mol. The van der Waals surface area contributed by atoms with Gasteiger partial charge in [-0.2, -0.15) is 0 Å². The van der Waals surface area contributed by atoms with Gasteiger partial charge in [0.2, 0.25) is 0 Å². The molecule has 1 aromatic rings. The molecule has 3 nitrogen and oxygen atoms in total. The molecule has 0 aliphatic rings. The zero-order chi connectivity index (χ0) is 20.4. The van der Waals surface area contributed by atoms with Gasteiger partial charge < -0.3 is 13.4 Å². The monoisotopic (exact) mass is 409 g/mol. The summed E-state index contributed by atoms with van der Waals surface area (Å²) in [7, 11) is 0.493. The van der Waals surface area contributed by atoms with E-state index in [1.165, 1.54) is 24.9 Å². The van der Waals surface area contributed by atoms with Crippen LogP contribution in [0.2, 0.25) is 22.7 Å². The topological polar surface area (TPSA) is 21.7 Å². The maximum absolute atomic E-state index is 5.50. The molecule has 0 radical (unpaired) electrons. The molecule has 0 aromatic heterocycles. The second kappa shape index (κ2) is 12.2. The van der Waals surface area contributed by atoms with E-state index in [1.54, 1.807) is 14.2 Å². The van der Waals surface area contributed by atoms with Gasteiger partial charge in [-0.05, 0) is 41.2 Å². The summed E-state index contributed by atoms with van der Waals surface area (Å²) in [5.74, 6) is 0. The first-order valence-electron chi connectivity index (χ1n) is 10.6. The Morgan fingerprint density at radius 2 is 1.37 bits per heavy atom. The molecule has 0 bridgehead atoms. The SMILES string of the molecule is CO[SiH](CCCCN(Cc1ccccc1)[Si](C(C)C)(C(C)C)C(C)C)OC. The van der Waals surface area contributed by atoms with Gasteiger partial charge in [0.25, 0.3) is 0 Å². The van der Waals surface area contributed by atoms with Crippen LogP contribution < -0.4 is 0 Å². The van der Waals surface area contributed by atoms with E-state index >= 15 is 0 Å². The van der Waals surface area contributed by atoms with Gasteiger partial charge in [-0.3, -0.25) is 0 Å². The van der Waals surface area contributed by atoms with Gasteiger partial charge >= 0.3 is 9.28 Å². The molecule has 27 heavy (non-hydrogen) atoms. The van der Waals surface area contributed by atoms with E-state index in [0.29, 0.717) is 0 Å². The van der Waals surface area contributed by atoms with Crippen molar-refractivity contribution in [2.24, 2.45) is 0 Å². The van der Waals surface area contributed by atoms with Gasteiger partial charge in [0.15, 0.2) is 0 Å². The summed E-state index contributed by atoms with van der Waals surface area (Å²) in [5, 5.41) is 0. The Hall–Kier alpha value is -0.466. The quantitative estimate of drug-likeness (QED) is 0.296. The van der Waals surface area contributed by atoms with Crippen molar-refractivity contribution in [2.45, 2.75) is 83.6 Å². The highest BCUT2D eigenvalue weighted by Gasteiger charge is 2.47. The Balaban J connectivity index is 3.01.